The van der Waals surface area contributed by atoms with Gasteiger partial charge in [0.2, 0.25) is 0 Å². The molecule has 0 bridgehead atoms. The molecule has 1 N–H and O–H groups in total. The summed E-state index contributed by atoms with van der Waals surface area (Å²) < 4.78 is 0. The van der Waals surface area contributed by atoms with Crippen molar-refractivity contribution in [3.8, 4) is 0 Å². The van der Waals surface area contributed by atoms with Gasteiger partial charge in [0.05, 0.1) is 0 Å². The van der Waals surface area contributed by atoms with Crippen molar-refractivity contribution < 1.29 is 0 Å². The SMILES string of the molecule is CNc1cc(C(C)C)nc(Cc2ccncc2)n1. The van der Waals surface area contributed by atoms with Crippen LogP contribution in [0.2, 0.25) is 0 Å². The van der Waals surface area contributed by atoms with Crippen LogP contribution in [0.25, 0.3) is 0 Å². The van der Waals surface area contributed by atoms with Gasteiger partial charge in [0.1, 0.15) is 11.6 Å². The summed E-state index contributed by atoms with van der Waals surface area (Å²) in [5.41, 5.74) is 2.24. The van der Waals surface area contributed by atoms with Gasteiger partial charge < -0.3 is 5.32 Å². The lowest BCUT2D eigenvalue weighted by Gasteiger charge is -2.10. The molecule has 2 aromatic rings. The van der Waals surface area contributed by atoms with Gasteiger partial charge >= 0.3 is 0 Å². The molecule has 0 aromatic carbocycles. The molecule has 0 aliphatic rings. The first-order valence-corrected chi connectivity index (χ1v) is 6.13. The molecular formula is C14H18N4. The average molecular weight is 242 g/mol. The second-order valence-corrected chi connectivity index (χ2v) is 4.53. The minimum atomic E-state index is 0.399. The van der Waals surface area contributed by atoms with Gasteiger partial charge in [0.25, 0.3) is 0 Å². The Labute approximate surface area is 108 Å². The van der Waals surface area contributed by atoms with Crippen molar-refractivity contribution in [1.29, 1.82) is 0 Å². The van der Waals surface area contributed by atoms with Crippen LogP contribution in [0.5, 0.6) is 0 Å². The van der Waals surface area contributed by atoms with Gasteiger partial charge in [-0.3, -0.25) is 4.98 Å². The maximum absolute atomic E-state index is 4.60. The lowest BCUT2D eigenvalue weighted by Crippen LogP contribution is -2.05. The molecule has 0 radical (unpaired) electrons. The minimum Gasteiger partial charge on any atom is -0.373 e. The van der Waals surface area contributed by atoms with Crippen LogP contribution in [0, 0.1) is 0 Å². The molecule has 0 fully saturated rings. The summed E-state index contributed by atoms with van der Waals surface area (Å²) in [5.74, 6) is 2.12. The molecule has 0 atom stereocenters. The van der Waals surface area contributed by atoms with Crippen molar-refractivity contribution in [3.63, 3.8) is 0 Å². The highest BCUT2D eigenvalue weighted by molar-refractivity contribution is 5.36. The third-order valence-electron chi connectivity index (χ3n) is 2.75. The van der Waals surface area contributed by atoms with Crippen LogP contribution in [0.15, 0.2) is 30.6 Å². The van der Waals surface area contributed by atoms with Gasteiger partial charge in [-0.1, -0.05) is 13.8 Å². The van der Waals surface area contributed by atoms with E-state index >= 15 is 0 Å². The number of aromatic nitrogens is 3. The van der Waals surface area contributed by atoms with Gasteiger partial charge in [-0.2, -0.15) is 0 Å². The molecule has 0 spiro atoms. The third-order valence-corrected chi connectivity index (χ3v) is 2.75. The van der Waals surface area contributed by atoms with E-state index in [1.165, 1.54) is 5.56 Å². The summed E-state index contributed by atoms with van der Waals surface area (Å²) in [6, 6.07) is 5.98. The van der Waals surface area contributed by atoms with Gasteiger partial charge in [0.15, 0.2) is 0 Å². The van der Waals surface area contributed by atoms with Crippen molar-refractivity contribution >= 4 is 5.82 Å². The summed E-state index contributed by atoms with van der Waals surface area (Å²) >= 11 is 0. The fourth-order valence-electron chi connectivity index (χ4n) is 1.70. The summed E-state index contributed by atoms with van der Waals surface area (Å²) in [6.45, 7) is 4.27. The Morgan fingerprint density at radius 1 is 1.17 bits per heavy atom. The van der Waals surface area contributed by atoms with E-state index < -0.39 is 0 Å². The highest BCUT2D eigenvalue weighted by atomic mass is 15.0. The average Bonchev–Trinajstić information content (AvgIpc) is 2.39. The predicted octanol–water partition coefficient (Wildman–Crippen LogP) is 2.63. The fraction of sp³-hybridized carbons (Fsp3) is 0.357. The number of rotatable bonds is 4. The lowest BCUT2D eigenvalue weighted by atomic mass is 10.1. The lowest BCUT2D eigenvalue weighted by molar-refractivity contribution is 0.792. The smallest absolute Gasteiger partial charge is 0.135 e. The summed E-state index contributed by atoms with van der Waals surface area (Å²) in [5, 5.41) is 3.08. The first-order valence-electron chi connectivity index (χ1n) is 6.13. The standard InChI is InChI=1S/C14H18N4/c1-10(2)12-9-13(15-3)18-14(17-12)8-11-4-6-16-7-5-11/h4-7,9-10H,8H2,1-3H3,(H,15,17,18). The maximum atomic E-state index is 4.60. The van der Waals surface area contributed by atoms with E-state index in [4.69, 9.17) is 0 Å². The van der Waals surface area contributed by atoms with E-state index in [-0.39, 0.29) is 0 Å². The quantitative estimate of drug-likeness (QED) is 0.895. The van der Waals surface area contributed by atoms with Crippen LogP contribution >= 0.6 is 0 Å². The molecule has 0 unspecified atom stereocenters. The maximum Gasteiger partial charge on any atom is 0.135 e. The molecule has 94 valence electrons. The number of pyridine rings is 1. The summed E-state index contributed by atoms with van der Waals surface area (Å²) in [6.07, 6.45) is 4.32. The van der Waals surface area contributed by atoms with Crippen LogP contribution in [0.3, 0.4) is 0 Å². The van der Waals surface area contributed by atoms with Crippen LogP contribution in [-0.4, -0.2) is 22.0 Å². The Hall–Kier alpha value is -1.97. The molecule has 0 aliphatic heterocycles. The zero-order chi connectivity index (χ0) is 13.0. The molecule has 0 saturated carbocycles. The number of anilines is 1. The van der Waals surface area contributed by atoms with E-state index in [0.29, 0.717) is 5.92 Å². The van der Waals surface area contributed by atoms with Crippen LogP contribution in [0.1, 0.15) is 36.8 Å². The summed E-state index contributed by atoms with van der Waals surface area (Å²) in [7, 11) is 1.88. The molecule has 4 heteroatoms. The number of nitrogens with one attached hydrogen (secondary N) is 1. The molecule has 0 saturated heterocycles. The molecule has 0 amide bonds. The van der Waals surface area contributed by atoms with Crippen molar-refractivity contribution in [3.05, 3.63) is 47.7 Å². The van der Waals surface area contributed by atoms with Crippen LogP contribution in [-0.2, 0) is 6.42 Å². The second-order valence-electron chi connectivity index (χ2n) is 4.53. The number of nitrogens with zero attached hydrogens (tertiary/aromatic N) is 3. The molecule has 2 aromatic heterocycles. The van der Waals surface area contributed by atoms with E-state index in [0.717, 1.165) is 23.8 Å². The number of hydrogen-bond acceptors (Lipinski definition) is 4. The van der Waals surface area contributed by atoms with Gasteiger partial charge in [-0.05, 0) is 23.6 Å². The molecule has 2 rings (SSSR count). The van der Waals surface area contributed by atoms with E-state index in [2.05, 4.69) is 34.1 Å². The molecule has 2 heterocycles. The highest BCUT2D eigenvalue weighted by Gasteiger charge is 2.07. The normalized spacial score (nSPS) is 10.7. The Morgan fingerprint density at radius 2 is 1.89 bits per heavy atom. The van der Waals surface area contributed by atoms with Crippen molar-refractivity contribution in [2.45, 2.75) is 26.2 Å². The van der Waals surface area contributed by atoms with Gasteiger partial charge in [0, 0.05) is 37.6 Å². The highest BCUT2D eigenvalue weighted by Crippen LogP contribution is 2.16. The van der Waals surface area contributed by atoms with Crippen molar-refractivity contribution in [2.75, 3.05) is 12.4 Å². The first kappa shape index (κ1) is 12.5. The minimum absolute atomic E-state index is 0.399. The van der Waals surface area contributed by atoms with Crippen LogP contribution < -0.4 is 5.32 Å². The zero-order valence-electron chi connectivity index (χ0n) is 11.0. The predicted molar refractivity (Wildman–Crippen MR) is 72.7 cm³/mol. The Balaban J connectivity index is 2.30. The monoisotopic (exact) mass is 242 g/mol. The second kappa shape index (κ2) is 5.58. The fourth-order valence-corrected chi connectivity index (χ4v) is 1.70. The Kier molecular flexibility index (Phi) is 3.87. The molecule has 4 nitrogen and oxygen atoms in total. The van der Waals surface area contributed by atoms with Crippen molar-refractivity contribution in [1.82, 2.24) is 15.0 Å². The molecule has 18 heavy (non-hydrogen) atoms. The first-order chi connectivity index (χ1) is 8.69. The van der Waals surface area contributed by atoms with E-state index in [1.54, 1.807) is 12.4 Å². The van der Waals surface area contributed by atoms with Gasteiger partial charge in [-0.15, -0.1) is 0 Å². The largest absolute Gasteiger partial charge is 0.373 e. The van der Waals surface area contributed by atoms with Crippen LogP contribution in [0.4, 0.5) is 5.82 Å². The topological polar surface area (TPSA) is 50.7 Å². The Morgan fingerprint density at radius 3 is 2.50 bits per heavy atom. The zero-order valence-corrected chi connectivity index (χ0v) is 11.0. The Bertz CT molecular complexity index is 508. The van der Waals surface area contributed by atoms with Gasteiger partial charge in [-0.25, -0.2) is 9.97 Å². The molecular weight excluding hydrogens is 224 g/mol. The summed E-state index contributed by atoms with van der Waals surface area (Å²) in [4.78, 5) is 13.1. The molecule has 0 aliphatic carbocycles. The van der Waals surface area contributed by atoms with E-state index in [9.17, 15) is 0 Å². The third kappa shape index (κ3) is 3.03. The van der Waals surface area contributed by atoms with Crippen molar-refractivity contribution in [2.24, 2.45) is 0 Å². The number of hydrogen-bond donors (Lipinski definition) is 1. The van der Waals surface area contributed by atoms with E-state index in [1.807, 2.05) is 25.2 Å².